The van der Waals surface area contributed by atoms with Gasteiger partial charge in [-0.25, -0.2) is 10.8 Å². The molecule has 0 spiro atoms. The number of nitrogen functional groups attached to an aromatic ring is 1. The number of anilines is 2. The molecule has 2 rings (SSSR count). The number of carbonyl (C=O) groups is 1. The lowest BCUT2D eigenvalue weighted by Gasteiger charge is -2.08. The zero-order valence-corrected chi connectivity index (χ0v) is 12.7. The van der Waals surface area contributed by atoms with Gasteiger partial charge in [0, 0.05) is 8.95 Å². The number of hydrogen-bond donors (Lipinski definition) is 3. The largest absolute Gasteiger partial charge is 0.320 e. The van der Waals surface area contributed by atoms with Crippen LogP contribution in [0, 0.1) is 0 Å². The Morgan fingerprint density at radius 1 is 1.26 bits per heavy atom. The molecular weight excluding hydrogens is 378 g/mol. The molecule has 1 amide bonds. The molecule has 0 saturated heterocycles. The summed E-state index contributed by atoms with van der Waals surface area (Å²) in [6, 6.07) is 5.46. The maximum Gasteiger partial charge on any atom is 0.275 e. The van der Waals surface area contributed by atoms with Gasteiger partial charge in [0.15, 0.2) is 5.82 Å². The monoisotopic (exact) mass is 385 g/mol. The van der Waals surface area contributed by atoms with Crippen molar-refractivity contribution in [1.29, 1.82) is 0 Å². The summed E-state index contributed by atoms with van der Waals surface area (Å²) >= 11 is 6.69. The van der Waals surface area contributed by atoms with Gasteiger partial charge in [0.2, 0.25) is 0 Å². The number of hydrogen-bond acceptors (Lipinski definition) is 5. The molecule has 4 N–H and O–H groups in total. The van der Waals surface area contributed by atoms with Crippen LogP contribution in [0.3, 0.4) is 0 Å². The molecule has 98 valence electrons. The average molecular weight is 387 g/mol. The molecular formula is C11H9Br2N5O. The van der Waals surface area contributed by atoms with Crippen LogP contribution in [0.2, 0.25) is 0 Å². The Morgan fingerprint density at radius 3 is 2.79 bits per heavy atom. The van der Waals surface area contributed by atoms with Crippen molar-refractivity contribution < 1.29 is 4.79 Å². The van der Waals surface area contributed by atoms with E-state index in [1.165, 1.54) is 12.4 Å². The first-order valence-corrected chi connectivity index (χ1v) is 6.74. The normalized spacial score (nSPS) is 10.1. The fourth-order valence-corrected chi connectivity index (χ4v) is 2.03. The van der Waals surface area contributed by atoms with Crippen molar-refractivity contribution in [3.63, 3.8) is 0 Å². The molecule has 0 bridgehead atoms. The van der Waals surface area contributed by atoms with E-state index in [9.17, 15) is 4.79 Å². The highest BCUT2D eigenvalue weighted by Gasteiger charge is 2.11. The van der Waals surface area contributed by atoms with Crippen LogP contribution < -0.4 is 16.6 Å². The number of carbonyl (C=O) groups excluding carboxylic acids is 1. The van der Waals surface area contributed by atoms with E-state index in [4.69, 9.17) is 5.84 Å². The van der Waals surface area contributed by atoms with E-state index >= 15 is 0 Å². The van der Waals surface area contributed by atoms with Gasteiger partial charge in [-0.15, -0.1) is 0 Å². The third-order valence-electron chi connectivity index (χ3n) is 2.19. The third kappa shape index (κ3) is 3.49. The Kier molecular flexibility index (Phi) is 4.46. The topological polar surface area (TPSA) is 92.9 Å². The maximum atomic E-state index is 12.0. The van der Waals surface area contributed by atoms with Crippen molar-refractivity contribution in [1.82, 2.24) is 9.97 Å². The second-order valence-electron chi connectivity index (χ2n) is 3.51. The number of nitrogens with two attached hydrogens (primary N) is 1. The molecule has 0 radical (unpaired) electrons. The molecule has 0 atom stereocenters. The van der Waals surface area contributed by atoms with Gasteiger partial charge < -0.3 is 10.7 Å². The molecule has 2 aromatic rings. The first-order chi connectivity index (χ1) is 9.10. The zero-order valence-electron chi connectivity index (χ0n) is 9.52. The van der Waals surface area contributed by atoms with Crippen LogP contribution in [0.1, 0.15) is 10.5 Å². The molecule has 8 heteroatoms. The summed E-state index contributed by atoms with van der Waals surface area (Å²) in [4.78, 5) is 19.9. The Labute approximate surface area is 126 Å². The minimum atomic E-state index is -0.372. The maximum absolute atomic E-state index is 12.0. The van der Waals surface area contributed by atoms with Crippen LogP contribution >= 0.6 is 31.9 Å². The van der Waals surface area contributed by atoms with Crippen LogP contribution in [0.25, 0.3) is 0 Å². The number of nitrogens with one attached hydrogen (secondary N) is 2. The Hall–Kier alpha value is -1.51. The summed E-state index contributed by atoms with van der Waals surface area (Å²) in [7, 11) is 0. The fraction of sp³-hybridized carbons (Fsp3) is 0. The summed E-state index contributed by atoms with van der Waals surface area (Å²) in [5.41, 5.74) is 3.14. The quantitative estimate of drug-likeness (QED) is 0.556. The molecule has 0 aliphatic heterocycles. The van der Waals surface area contributed by atoms with Crippen molar-refractivity contribution in [2.24, 2.45) is 5.84 Å². The lowest BCUT2D eigenvalue weighted by molar-refractivity contribution is 0.102. The Balaban J connectivity index is 2.22. The SMILES string of the molecule is NNc1cncc(C(=O)Nc2cc(Br)ccc2Br)n1. The first kappa shape index (κ1) is 13.9. The predicted molar refractivity (Wildman–Crippen MR) is 79.6 cm³/mol. The van der Waals surface area contributed by atoms with Gasteiger partial charge in [-0.05, 0) is 34.1 Å². The van der Waals surface area contributed by atoms with Gasteiger partial charge in [-0.2, -0.15) is 0 Å². The number of hydrazine groups is 1. The second-order valence-corrected chi connectivity index (χ2v) is 5.28. The molecule has 0 fully saturated rings. The first-order valence-electron chi connectivity index (χ1n) is 5.15. The zero-order chi connectivity index (χ0) is 13.8. The lowest BCUT2D eigenvalue weighted by atomic mass is 10.3. The van der Waals surface area contributed by atoms with Gasteiger partial charge in [0.05, 0.1) is 18.1 Å². The van der Waals surface area contributed by atoms with Crippen molar-refractivity contribution in [2.75, 3.05) is 10.7 Å². The molecule has 0 aliphatic rings. The Bertz CT molecular complexity index is 620. The van der Waals surface area contributed by atoms with Crippen LogP contribution in [-0.4, -0.2) is 15.9 Å². The van der Waals surface area contributed by atoms with E-state index in [-0.39, 0.29) is 11.6 Å². The number of aromatic nitrogens is 2. The van der Waals surface area contributed by atoms with Crippen LogP contribution in [0.4, 0.5) is 11.5 Å². The number of benzene rings is 1. The standard InChI is InChI=1S/C11H9Br2N5O/c12-6-1-2-7(13)8(3-6)17-11(19)9-4-15-5-10(16-9)18-14/h1-5H,14H2,(H,16,18)(H,17,19). The molecule has 0 unspecified atom stereocenters. The third-order valence-corrected chi connectivity index (χ3v) is 3.38. The van der Waals surface area contributed by atoms with E-state index in [0.717, 1.165) is 8.95 Å². The molecule has 0 saturated carbocycles. The highest BCUT2D eigenvalue weighted by molar-refractivity contribution is 9.11. The summed E-state index contributed by atoms with van der Waals surface area (Å²) in [6.07, 6.45) is 2.79. The van der Waals surface area contributed by atoms with E-state index in [2.05, 4.69) is 52.6 Å². The number of rotatable bonds is 3. The van der Waals surface area contributed by atoms with Crippen molar-refractivity contribution in [2.45, 2.75) is 0 Å². The molecule has 1 heterocycles. The molecule has 6 nitrogen and oxygen atoms in total. The summed E-state index contributed by atoms with van der Waals surface area (Å²) in [6.45, 7) is 0. The fourth-order valence-electron chi connectivity index (χ4n) is 1.32. The number of amides is 1. The van der Waals surface area contributed by atoms with E-state index in [1.807, 2.05) is 12.1 Å². The molecule has 1 aromatic heterocycles. The summed E-state index contributed by atoms with van der Waals surface area (Å²) in [5.74, 6) is 5.17. The van der Waals surface area contributed by atoms with Crippen molar-refractivity contribution in [3.8, 4) is 0 Å². The number of halogens is 2. The van der Waals surface area contributed by atoms with E-state index in [0.29, 0.717) is 11.5 Å². The van der Waals surface area contributed by atoms with Gasteiger partial charge in [0.25, 0.3) is 5.91 Å². The van der Waals surface area contributed by atoms with Gasteiger partial charge in [-0.3, -0.25) is 9.78 Å². The molecule has 1 aromatic carbocycles. The highest BCUT2D eigenvalue weighted by Crippen LogP contribution is 2.26. The summed E-state index contributed by atoms with van der Waals surface area (Å²) < 4.78 is 1.62. The smallest absolute Gasteiger partial charge is 0.275 e. The highest BCUT2D eigenvalue weighted by atomic mass is 79.9. The van der Waals surface area contributed by atoms with E-state index < -0.39 is 0 Å². The molecule has 19 heavy (non-hydrogen) atoms. The molecule has 0 aliphatic carbocycles. The van der Waals surface area contributed by atoms with E-state index in [1.54, 1.807) is 6.07 Å². The minimum Gasteiger partial charge on any atom is -0.320 e. The Morgan fingerprint density at radius 2 is 2.05 bits per heavy atom. The van der Waals surface area contributed by atoms with Crippen LogP contribution in [0.15, 0.2) is 39.5 Å². The summed E-state index contributed by atoms with van der Waals surface area (Å²) in [5, 5.41) is 2.73. The second kappa shape index (κ2) is 6.09. The number of nitrogens with zero attached hydrogens (tertiary/aromatic N) is 2. The average Bonchev–Trinajstić information content (AvgIpc) is 2.43. The van der Waals surface area contributed by atoms with Crippen LogP contribution in [-0.2, 0) is 0 Å². The van der Waals surface area contributed by atoms with Gasteiger partial charge in [0.1, 0.15) is 5.69 Å². The lowest BCUT2D eigenvalue weighted by Crippen LogP contribution is -2.17. The van der Waals surface area contributed by atoms with Crippen LogP contribution in [0.5, 0.6) is 0 Å². The van der Waals surface area contributed by atoms with Gasteiger partial charge in [-0.1, -0.05) is 15.9 Å². The minimum absolute atomic E-state index is 0.169. The van der Waals surface area contributed by atoms with Gasteiger partial charge >= 0.3 is 0 Å². The van der Waals surface area contributed by atoms with Crippen molar-refractivity contribution in [3.05, 3.63) is 45.2 Å². The van der Waals surface area contributed by atoms with Crippen molar-refractivity contribution >= 4 is 49.3 Å². The predicted octanol–water partition coefficient (Wildman–Crippen LogP) is 2.54.